The summed E-state index contributed by atoms with van der Waals surface area (Å²) in [5, 5.41) is 12.5. The molecule has 3 heteroatoms. The topological polar surface area (TPSA) is 32.3 Å². The fraction of sp³-hybridized carbons (Fsp3) is 0.625. The lowest BCUT2D eigenvalue weighted by molar-refractivity contribution is 0.257. The van der Waals surface area contributed by atoms with Gasteiger partial charge in [0.1, 0.15) is 5.82 Å². The van der Waals surface area contributed by atoms with E-state index in [-0.39, 0.29) is 18.5 Å². The number of hydrogen-bond donors (Lipinski definition) is 2. The van der Waals surface area contributed by atoms with Crippen LogP contribution in [-0.4, -0.2) is 18.3 Å². The van der Waals surface area contributed by atoms with Gasteiger partial charge in [-0.05, 0) is 43.0 Å². The third-order valence-corrected chi connectivity index (χ3v) is 3.45. The monoisotopic (exact) mass is 267 g/mol. The summed E-state index contributed by atoms with van der Waals surface area (Å²) in [5.74, 6) is 0.265. The van der Waals surface area contributed by atoms with Gasteiger partial charge in [-0.25, -0.2) is 4.39 Å². The van der Waals surface area contributed by atoms with Crippen molar-refractivity contribution in [2.75, 3.05) is 13.2 Å². The number of aliphatic hydroxyl groups is 1. The first kappa shape index (κ1) is 16.1. The molecule has 0 aliphatic heterocycles. The van der Waals surface area contributed by atoms with Crippen molar-refractivity contribution < 1.29 is 9.50 Å². The molecule has 0 fully saturated rings. The minimum atomic E-state index is -0.188. The Morgan fingerprint density at radius 2 is 1.89 bits per heavy atom. The van der Waals surface area contributed by atoms with Crippen LogP contribution in [0.15, 0.2) is 24.3 Å². The zero-order valence-electron chi connectivity index (χ0n) is 12.0. The summed E-state index contributed by atoms with van der Waals surface area (Å²) in [4.78, 5) is 0. The van der Waals surface area contributed by atoms with Crippen LogP contribution >= 0.6 is 0 Å². The molecule has 1 aromatic rings. The molecule has 108 valence electrons. The van der Waals surface area contributed by atoms with Gasteiger partial charge in [-0.2, -0.15) is 0 Å². The van der Waals surface area contributed by atoms with Crippen LogP contribution in [0.5, 0.6) is 0 Å². The normalized spacial score (nSPS) is 14.3. The zero-order valence-corrected chi connectivity index (χ0v) is 12.0. The van der Waals surface area contributed by atoms with E-state index in [1.54, 1.807) is 0 Å². The number of nitrogens with one attached hydrogen (secondary N) is 1. The molecule has 0 radical (unpaired) electrons. The molecular weight excluding hydrogens is 241 g/mol. The Hall–Kier alpha value is -0.930. The minimum absolute atomic E-state index is 0.188. The van der Waals surface area contributed by atoms with Gasteiger partial charge in [0.2, 0.25) is 0 Å². The molecule has 0 spiro atoms. The van der Waals surface area contributed by atoms with Crippen molar-refractivity contribution in [2.45, 2.75) is 45.6 Å². The van der Waals surface area contributed by atoms with Crippen molar-refractivity contribution in [3.05, 3.63) is 35.6 Å². The predicted octanol–water partition coefficient (Wildman–Crippen LogP) is 3.67. The quantitative estimate of drug-likeness (QED) is 0.715. The van der Waals surface area contributed by atoms with Crippen LogP contribution in [0.3, 0.4) is 0 Å². The smallest absolute Gasteiger partial charge is 0.123 e. The molecule has 0 aromatic heterocycles. The Balaban J connectivity index is 2.58. The molecule has 0 aliphatic rings. The number of hydrogen-bond acceptors (Lipinski definition) is 2. The molecular formula is C16H26FNO. The molecule has 0 saturated heterocycles. The summed E-state index contributed by atoms with van der Waals surface area (Å²) in [7, 11) is 0. The highest BCUT2D eigenvalue weighted by Crippen LogP contribution is 2.20. The maximum Gasteiger partial charge on any atom is 0.123 e. The first-order valence-electron chi connectivity index (χ1n) is 7.27. The van der Waals surface area contributed by atoms with Gasteiger partial charge in [0, 0.05) is 12.6 Å². The zero-order chi connectivity index (χ0) is 14.1. The molecule has 2 N–H and O–H groups in total. The Morgan fingerprint density at radius 1 is 1.21 bits per heavy atom. The van der Waals surface area contributed by atoms with Gasteiger partial charge in [0.15, 0.2) is 0 Å². The predicted molar refractivity (Wildman–Crippen MR) is 77.5 cm³/mol. The Morgan fingerprint density at radius 3 is 2.47 bits per heavy atom. The Kier molecular flexibility index (Phi) is 7.68. The maximum absolute atomic E-state index is 13.0. The minimum Gasteiger partial charge on any atom is -0.396 e. The fourth-order valence-electron chi connectivity index (χ4n) is 2.16. The lowest BCUT2D eigenvalue weighted by atomic mass is 10.00. The summed E-state index contributed by atoms with van der Waals surface area (Å²) < 4.78 is 13.0. The van der Waals surface area contributed by atoms with Gasteiger partial charge < -0.3 is 10.4 Å². The molecule has 0 heterocycles. The van der Waals surface area contributed by atoms with E-state index in [1.165, 1.54) is 12.1 Å². The third-order valence-electron chi connectivity index (χ3n) is 3.45. The van der Waals surface area contributed by atoms with Gasteiger partial charge in [-0.3, -0.25) is 0 Å². The van der Waals surface area contributed by atoms with Crippen molar-refractivity contribution in [2.24, 2.45) is 5.92 Å². The molecule has 0 saturated carbocycles. The van der Waals surface area contributed by atoms with E-state index < -0.39 is 0 Å². The Labute approximate surface area is 116 Å². The number of rotatable bonds is 9. The van der Waals surface area contributed by atoms with Crippen molar-refractivity contribution >= 4 is 0 Å². The molecule has 0 aliphatic carbocycles. The van der Waals surface area contributed by atoms with Crippen LogP contribution < -0.4 is 5.32 Å². The van der Waals surface area contributed by atoms with Crippen molar-refractivity contribution in [1.29, 1.82) is 0 Å². The van der Waals surface area contributed by atoms with Crippen LogP contribution in [0, 0.1) is 11.7 Å². The largest absolute Gasteiger partial charge is 0.396 e. The van der Waals surface area contributed by atoms with E-state index in [0.717, 1.165) is 37.8 Å². The number of halogens is 1. The average Bonchev–Trinajstić information content (AvgIpc) is 2.40. The molecule has 1 rings (SSSR count). The fourth-order valence-corrected chi connectivity index (χ4v) is 2.16. The van der Waals surface area contributed by atoms with Gasteiger partial charge in [-0.15, -0.1) is 0 Å². The molecule has 2 nitrogen and oxygen atoms in total. The van der Waals surface area contributed by atoms with Crippen molar-refractivity contribution in [3.63, 3.8) is 0 Å². The highest BCUT2D eigenvalue weighted by Gasteiger charge is 2.12. The molecule has 2 atom stereocenters. The van der Waals surface area contributed by atoms with E-state index in [0.29, 0.717) is 5.92 Å². The van der Waals surface area contributed by atoms with Gasteiger partial charge in [0.05, 0.1) is 0 Å². The van der Waals surface area contributed by atoms with Crippen LogP contribution in [0.1, 0.15) is 51.1 Å². The summed E-state index contributed by atoms with van der Waals surface area (Å²) in [6.07, 6.45) is 4.19. The second-order valence-corrected chi connectivity index (χ2v) is 5.27. The molecule has 1 aromatic carbocycles. The first-order chi connectivity index (χ1) is 9.17. The highest BCUT2D eigenvalue weighted by atomic mass is 19.1. The van der Waals surface area contributed by atoms with Crippen LogP contribution in [0.25, 0.3) is 0 Å². The number of aliphatic hydroxyl groups excluding tert-OH is 1. The van der Waals surface area contributed by atoms with Crippen LogP contribution in [-0.2, 0) is 0 Å². The van der Waals surface area contributed by atoms with Crippen molar-refractivity contribution in [3.8, 4) is 0 Å². The van der Waals surface area contributed by atoms with Crippen LogP contribution in [0.2, 0.25) is 0 Å². The van der Waals surface area contributed by atoms with Crippen molar-refractivity contribution in [1.82, 2.24) is 5.32 Å². The van der Waals surface area contributed by atoms with Gasteiger partial charge in [0.25, 0.3) is 0 Å². The SMILES string of the molecule is CCCCC(NCC(C)CCO)c1ccc(F)cc1. The number of unbranched alkanes of at least 4 members (excludes halogenated alkanes) is 1. The van der Waals surface area contributed by atoms with E-state index >= 15 is 0 Å². The van der Waals surface area contributed by atoms with Gasteiger partial charge >= 0.3 is 0 Å². The average molecular weight is 267 g/mol. The maximum atomic E-state index is 13.0. The molecule has 19 heavy (non-hydrogen) atoms. The molecule has 2 unspecified atom stereocenters. The highest BCUT2D eigenvalue weighted by molar-refractivity contribution is 5.19. The summed E-state index contributed by atoms with van der Waals surface area (Å²) in [6.45, 7) is 5.42. The lowest BCUT2D eigenvalue weighted by Gasteiger charge is -2.21. The van der Waals surface area contributed by atoms with Gasteiger partial charge in [-0.1, -0.05) is 38.8 Å². The first-order valence-corrected chi connectivity index (χ1v) is 7.27. The Bertz CT molecular complexity index is 339. The standard InChI is InChI=1S/C16H26FNO/c1-3-4-5-16(18-12-13(2)10-11-19)14-6-8-15(17)9-7-14/h6-9,13,16,18-19H,3-5,10-12H2,1-2H3. The van der Waals surface area contributed by atoms with Crippen LogP contribution in [0.4, 0.5) is 4.39 Å². The molecule has 0 bridgehead atoms. The summed E-state index contributed by atoms with van der Waals surface area (Å²) >= 11 is 0. The van der Waals surface area contributed by atoms with E-state index in [1.807, 2.05) is 12.1 Å². The van der Waals surface area contributed by atoms with E-state index in [9.17, 15) is 4.39 Å². The summed E-state index contributed by atoms with van der Waals surface area (Å²) in [5.41, 5.74) is 1.14. The summed E-state index contributed by atoms with van der Waals surface area (Å²) in [6, 6.07) is 7.04. The van der Waals surface area contributed by atoms with E-state index in [2.05, 4.69) is 19.2 Å². The third kappa shape index (κ3) is 6.17. The lowest BCUT2D eigenvalue weighted by Crippen LogP contribution is -2.27. The second-order valence-electron chi connectivity index (χ2n) is 5.27. The number of benzene rings is 1. The van der Waals surface area contributed by atoms with E-state index in [4.69, 9.17) is 5.11 Å². The second kappa shape index (κ2) is 9.05. The molecule has 0 amide bonds.